The SMILES string of the molecule is CC1(C)CC[C@]2(C(=O)O)CC[C@]3(C)C(=CC[C@@H]4[C@@]5(CO)C=CC(=O)C(C)(C)[C@@H]5CC[C@]43C)[C@@H]2C1. The quantitative estimate of drug-likeness (QED) is 0.474. The Bertz CT molecular complexity index is 988. The molecule has 5 aliphatic carbocycles. The average Bonchev–Trinajstić information content (AvgIpc) is 2.76. The molecule has 0 heterocycles. The van der Waals surface area contributed by atoms with Gasteiger partial charge in [0.15, 0.2) is 5.78 Å². The molecule has 0 radical (unpaired) electrons. The first-order chi connectivity index (χ1) is 15.7. The summed E-state index contributed by atoms with van der Waals surface area (Å²) >= 11 is 0. The van der Waals surface area contributed by atoms with E-state index in [0.717, 1.165) is 51.4 Å². The minimum Gasteiger partial charge on any atom is -0.481 e. The molecule has 3 fully saturated rings. The molecule has 4 heteroatoms. The van der Waals surface area contributed by atoms with Crippen LogP contribution in [0.5, 0.6) is 0 Å². The van der Waals surface area contributed by atoms with Gasteiger partial charge in [0.2, 0.25) is 0 Å². The lowest BCUT2D eigenvalue weighted by Crippen LogP contribution is -2.65. The summed E-state index contributed by atoms with van der Waals surface area (Å²) in [7, 11) is 0. The smallest absolute Gasteiger partial charge is 0.310 e. The number of rotatable bonds is 2. The molecule has 0 aromatic carbocycles. The van der Waals surface area contributed by atoms with E-state index in [0.29, 0.717) is 0 Å². The molecular weight excluding hydrogens is 424 g/mol. The lowest BCUT2D eigenvalue weighted by atomic mass is 9.34. The summed E-state index contributed by atoms with van der Waals surface area (Å²) in [6.07, 6.45) is 13.4. The van der Waals surface area contributed by atoms with Crippen LogP contribution in [0.2, 0.25) is 0 Å². The maximum absolute atomic E-state index is 12.8. The number of hydrogen-bond acceptors (Lipinski definition) is 3. The zero-order valence-electron chi connectivity index (χ0n) is 22.0. The zero-order chi connectivity index (χ0) is 24.9. The zero-order valence-corrected chi connectivity index (χ0v) is 22.0. The highest BCUT2D eigenvalue weighted by Crippen LogP contribution is 2.74. The highest BCUT2D eigenvalue weighted by Gasteiger charge is 2.69. The molecule has 0 spiro atoms. The van der Waals surface area contributed by atoms with Crippen LogP contribution in [-0.4, -0.2) is 28.6 Å². The van der Waals surface area contributed by atoms with Gasteiger partial charge in [-0.1, -0.05) is 59.3 Å². The summed E-state index contributed by atoms with van der Waals surface area (Å²) in [6.45, 7) is 13.6. The average molecular weight is 469 g/mol. The van der Waals surface area contributed by atoms with E-state index < -0.39 is 22.2 Å². The monoisotopic (exact) mass is 468 g/mol. The molecule has 0 bridgehead atoms. The van der Waals surface area contributed by atoms with Crippen molar-refractivity contribution < 1.29 is 19.8 Å². The van der Waals surface area contributed by atoms with Crippen LogP contribution in [0.4, 0.5) is 0 Å². The summed E-state index contributed by atoms with van der Waals surface area (Å²) < 4.78 is 0. The van der Waals surface area contributed by atoms with Crippen molar-refractivity contribution >= 4 is 11.8 Å². The number of aliphatic hydroxyl groups excluding tert-OH is 1. The topological polar surface area (TPSA) is 74.6 Å². The third kappa shape index (κ3) is 2.75. The van der Waals surface area contributed by atoms with Crippen LogP contribution in [0.25, 0.3) is 0 Å². The van der Waals surface area contributed by atoms with Crippen molar-refractivity contribution in [2.45, 2.75) is 92.9 Å². The van der Waals surface area contributed by atoms with Gasteiger partial charge in [-0.3, -0.25) is 9.59 Å². The molecule has 0 aromatic rings. The number of fused-ring (bicyclic) bond motifs is 7. The Hall–Kier alpha value is -1.42. The van der Waals surface area contributed by atoms with E-state index >= 15 is 0 Å². The van der Waals surface area contributed by atoms with E-state index in [2.05, 4.69) is 53.7 Å². The highest BCUT2D eigenvalue weighted by atomic mass is 16.4. The molecule has 4 nitrogen and oxygen atoms in total. The van der Waals surface area contributed by atoms with Crippen LogP contribution in [-0.2, 0) is 9.59 Å². The molecular formula is C30H44O4. The van der Waals surface area contributed by atoms with Crippen molar-refractivity contribution in [1.82, 2.24) is 0 Å². The second kappa shape index (κ2) is 7.08. The Labute approximate surface area is 205 Å². The molecule has 0 saturated heterocycles. The summed E-state index contributed by atoms with van der Waals surface area (Å²) in [6, 6.07) is 0. The van der Waals surface area contributed by atoms with Crippen LogP contribution >= 0.6 is 0 Å². The molecule has 2 N–H and O–H groups in total. The molecule has 0 aromatic heterocycles. The maximum atomic E-state index is 12.8. The molecule has 7 atom stereocenters. The number of hydrogen-bond donors (Lipinski definition) is 2. The van der Waals surface area contributed by atoms with E-state index in [1.54, 1.807) is 6.08 Å². The fourth-order valence-corrected chi connectivity index (χ4v) is 9.90. The van der Waals surface area contributed by atoms with Gasteiger partial charge in [0.05, 0.1) is 12.0 Å². The van der Waals surface area contributed by atoms with Crippen molar-refractivity contribution in [1.29, 1.82) is 0 Å². The van der Waals surface area contributed by atoms with Gasteiger partial charge >= 0.3 is 5.97 Å². The van der Waals surface area contributed by atoms with Gasteiger partial charge in [-0.2, -0.15) is 0 Å². The van der Waals surface area contributed by atoms with Gasteiger partial charge in [-0.15, -0.1) is 0 Å². The van der Waals surface area contributed by atoms with E-state index in [1.807, 2.05) is 0 Å². The van der Waals surface area contributed by atoms with Gasteiger partial charge in [-0.05, 0) is 91.4 Å². The van der Waals surface area contributed by atoms with Gasteiger partial charge in [0, 0.05) is 10.8 Å². The minimum absolute atomic E-state index is 0.0383. The Morgan fingerprint density at radius 3 is 2.32 bits per heavy atom. The second-order valence-electron chi connectivity index (χ2n) is 14.4. The molecule has 0 unspecified atom stereocenters. The third-order valence-corrected chi connectivity index (χ3v) is 12.4. The van der Waals surface area contributed by atoms with Crippen molar-refractivity contribution in [2.75, 3.05) is 6.61 Å². The number of aliphatic carboxylic acids is 1. The van der Waals surface area contributed by atoms with E-state index in [1.165, 1.54) is 5.57 Å². The molecule has 5 aliphatic rings. The molecule has 0 amide bonds. The fraction of sp³-hybridized carbons (Fsp3) is 0.800. The van der Waals surface area contributed by atoms with Crippen LogP contribution in [0.3, 0.4) is 0 Å². The lowest BCUT2D eigenvalue weighted by molar-refractivity contribution is -0.181. The second-order valence-corrected chi connectivity index (χ2v) is 14.4. The number of allylic oxidation sites excluding steroid dienone is 3. The minimum atomic E-state index is -0.630. The number of aliphatic hydroxyl groups is 1. The molecule has 0 aliphatic heterocycles. The predicted molar refractivity (Wildman–Crippen MR) is 133 cm³/mol. The molecule has 5 rings (SSSR count). The summed E-state index contributed by atoms with van der Waals surface area (Å²) in [5.41, 5.74) is -0.0710. The Kier molecular flexibility index (Phi) is 5.06. The summed E-state index contributed by atoms with van der Waals surface area (Å²) in [4.78, 5) is 25.6. The van der Waals surface area contributed by atoms with Crippen LogP contribution < -0.4 is 0 Å². The number of carboxylic acids is 1. The standard InChI is InChI=1S/C30H44O4/c1-25(2)13-15-29(24(33)34)16-14-27(5)19(20(29)17-25)7-8-22-28(27,6)11-9-21-26(3,4)23(32)10-12-30(21,22)18-31/h7,10,12,20-22,31H,8-9,11,13-18H2,1-6H3,(H,33,34)/t20-,21-,22-,27+,28+,29-,30+/m0/s1. The van der Waals surface area contributed by atoms with Crippen LogP contribution in [0, 0.1) is 50.2 Å². The normalized spacial score (nSPS) is 48.6. The first kappa shape index (κ1) is 24.3. The number of carbonyl (C=O) groups excluding carboxylic acids is 1. The van der Waals surface area contributed by atoms with Crippen molar-refractivity contribution in [3.8, 4) is 0 Å². The fourth-order valence-electron chi connectivity index (χ4n) is 9.90. The van der Waals surface area contributed by atoms with Crippen LogP contribution in [0.15, 0.2) is 23.8 Å². The Balaban J connectivity index is 1.65. The van der Waals surface area contributed by atoms with Crippen molar-refractivity contribution in [2.24, 2.45) is 50.2 Å². The number of carboxylic acid groups (broad SMARTS) is 1. The van der Waals surface area contributed by atoms with Gasteiger partial charge in [0.25, 0.3) is 0 Å². The van der Waals surface area contributed by atoms with E-state index in [-0.39, 0.29) is 46.4 Å². The Morgan fingerprint density at radius 1 is 1.00 bits per heavy atom. The highest BCUT2D eigenvalue weighted by molar-refractivity contribution is 5.95. The Morgan fingerprint density at radius 2 is 1.68 bits per heavy atom. The van der Waals surface area contributed by atoms with Crippen molar-refractivity contribution in [3.63, 3.8) is 0 Å². The first-order valence-electron chi connectivity index (χ1n) is 13.5. The molecule has 3 saturated carbocycles. The largest absolute Gasteiger partial charge is 0.481 e. The molecule has 34 heavy (non-hydrogen) atoms. The van der Waals surface area contributed by atoms with Gasteiger partial charge in [-0.25, -0.2) is 0 Å². The number of ketones is 1. The van der Waals surface area contributed by atoms with Gasteiger partial charge < -0.3 is 10.2 Å². The van der Waals surface area contributed by atoms with Crippen molar-refractivity contribution in [3.05, 3.63) is 23.8 Å². The number of carbonyl (C=O) groups is 2. The summed E-state index contributed by atoms with van der Waals surface area (Å²) in [5.74, 6) is 0.0449. The van der Waals surface area contributed by atoms with Crippen LogP contribution in [0.1, 0.15) is 92.9 Å². The van der Waals surface area contributed by atoms with E-state index in [9.17, 15) is 19.8 Å². The third-order valence-electron chi connectivity index (χ3n) is 12.4. The molecule has 188 valence electrons. The summed E-state index contributed by atoms with van der Waals surface area (Å²) in [5, 5.41) is 21.4. The van der Waals surface area contributed by atoms with E-state index in [4.69, 9.17) is 0 Å². The first-order valence-corrected chi connectivity index (χ1v) is 13.5. The lowest BCUT2D eigenvalue weighted by Gasteiger charge is -2.69. The van der Waals surface area contributed by atoms with Gasteiger partial charge in [0.1, 0.15) is 0 Å². The maximum Gasteiger partial charge on any atom is 0.310 e. The predicted octanol–water partition coefficient (Wildman–Crippen LogP) is 6.19.